The number of imide groups is 1. The SMILES string of the molecule is COc1cc(NC2CC(=O)N(c3c(C)cccc3C)C2=O)ccc1N1CCCC1=O. The van der Waals surface area contributed by atoms with Gasteiger partial charge in [-0.25, -0.2) is 4.90 Å². The Morgan fingerprint density at radius 1 is 1.03 bits per heavy atom. The van der Waals surface area contributed by atoms with Crippen molar-refractivity contribution in [2.24, 2.45) is 0 Å². The smallest absolute Gasteiger partial charge is 0.256 e. The van der Waals surface area contributed by atoms with Gasteiger partial charge in [-0.1, -0.05) is 18.2 Å². The number of carbonyl (C=O) groups is 3. The van der Waals surface area contributed by atoms with Crippen molar-refractivity contribution >= 4 is 34.8 Å². The van der Waals surface area contributed by atoms with Crippen molar-refractivity contribution in [3.8, 4) is 5.75 Å². The molecule has 2 aromatic rings. The largest absolute Gasteiger partial charge is 0.494 e. The van der Waals surface area contributed by atoms with Crippen molar-refractivity contribution < 1.29 is 19.1 Å². The van der Waals surface area contributed by atoms with E-state index >= 15 is 0 Å². The Morgan fingerprint density at radius 2 is 1.77 bits per heavy atom. The number of nitrogens with one attached hydrogen (secondary N) is 1. The second-order valence-corrected chi connectivity index (χ2v) is 7.74. The van der Waals surface area contributed by atoms with E-state index in [0.29, 0.717) is 30.1 Å². The summed E-state index contributed by atoms with van der Waals surface area (Å²) in [5.41, 5.74) is 3.82. The molecule has 1 atom stereocenters. The molecule has 4 rings (SSSR count). The second kappa shape index (κ2) is 7.82. The topological polar surface area (TPSA) is 79.0 Å². The molecular formula is C23H25N3O4. The highest BCUT2D eigenvalue weighted by molar-refractivity contribution is 6.23. The minimum absolute atomic E-state index is 0.0785. The Balaban J connectivity index is 1.57. The highest BCUT2D eigenvalue weighted by atomic mass is 16.5. The molecule has 0 radical (unpaired) electrons. The number of hydrogen-bond donors (Lipinski definition) is 1. The first-order valence-electron chi connectivity index (χ1n) is 10.1. The predicted molar refractivity (Wildman–Crippen MR) is 115 cm³/mol. The lowest BCUT2D eigenvalue weighted by Gasteiger charge is -2.21. The summed E-state index contributed by atoms with van der Waals surface area (Å²) >= 11 is 0. The molecule has 0 saturated carbocycles. The molecule has 2 aromatic carbocycles. The van der Waals surface area contributed by atoms with E-state index in [4.69, 9.17) is 4.74 Å². The summed E-state index contributed by atoms with van der Waals surface area (Å²) in [5, 5.41) is 3.17. The van der Waals surface area contributed by atoms with E-state index in [9.17, 15) is 14.4 Å². The van der Waals surface area contributed by atoms with Crippen LogP contribution in [-0.2, 0) is 14.4 Å². The van der Waals surface area contributed by atoms with E-state index in [2.05, 4.69) is 5.32 Å². The van der Waals surface area contributed by atoms with Crippen molar-refractivity contribution in [3.63, 3.8) is 0 Å². The van der Waals surface area contributed by atoms with Crippen molar-refractivity contribution in [1.82, 2.24) is 0 Å². The summed E-state index contributed by atoms with van der Waals surface area (Å²) in [4.78, 5) is 40.8. The van der Waals surface area contributed by atoms with E-state index in [1.165, 1.54) is 4.90 Å². The van der Waals surface area contributed by atoms with Gasteiger partial charge in [-0.2, -0.15) is 0 Å². The number of nitrogens with zero attached hydrogens (tertiary/aromatic N) is 2. The summed E-state index contributed by atoms with van der Waals surface area (Å²) in [6, 6.07) is 10.4. The quantitative estimate of drug-likeness (QED) is 0.770. The Labute approximate surface area is 175 Å². The van der Waals surface area contributed by atoms with Gasteiger partial charge in [0.2, 0.25) is 11.8 Å². The first-order chi connectivity index (χ1) is 14.4. The number of ether oxygens (including phenoxy) is 1. The molecule has 2 aliphatic rings. The molecule has 7 heteroatoms. The third kappa shape index (κ3) is 3.40. The molecule has 3 amide bonds. The molecule has 2 heterocycles. The van der Waals surface area contributed by atoms with Gasteiger partial charge < -0.3 is 15.0 Å². The fourth-order valence-corrected chi connectivity index (χ4v) is 4.23. The Kier molecular flexibility index (Phi) is 5.20. The number of methoxy groups -OCH3 is 1. The lowest BCUT2D eigenvalue weighted by molar-refractivity contribution is -0.121. The predicted octanol–water partition coefficient (Wildman–Crippen LogP) is 3.18. The number of aryl methyl sites for hydroxylation is 2. The van der Waals surface area contributed by atoms with Gasteiger partial charge in [0.25, 0.3) is 5.91 Å². The van der Waals surface area contributed by atoms with Gasteiger partial charge in [-0.15, -0.1) is 0 Å². The van der Waals surface area contributed by atoms with Crippen LogP contribution in [0.5, 0.6) is 5.75 Å². The summed E-state index contributed by atoms with van der Waals surface area (Å²) < 4.78 is 5.48. The third-order valence-corrected chi connectivity index (χ3v) is 5.69. The van der Waals surface area contributed by atoms with Crippen LogP contribution in [0.2, 0.25) is 0 Å². The lowest BCUT2D eigenvalue weighted by atomic mass is 10.1. The van der Waals surface area contributed by atoms with Gasteiger partial charge in [0.1, 0.15) is 11.8 Å². The monoisotopic (exact) mass is 407 g/mol. The van der Waals surface area contributed by atoms with Crippen molar-refractivity contribution in [1.29, 1.82) is 0 Å². The van der Waals surface area contributed by atoms with Crippen LogP contribution >= 0.6 is 0 Å². The van der Waals surface area contributed by atoms with E-state index in [1.54, 1.807) is 18.1 Å². The van der Waals surface area contributed by atoms with E-state index in [-0.39, 0.29) is 24.1 Å². The van der Waals surface area contributed by atoms with Crippen LogP contribution in [-0.4, -0.2) is 37.4 Å². The molecule has 7 nitrogen and oxygen atoms in total. The van der Waals surface area contributed by atoms with Gasteiger partial charge in [0, 0.05) is 24.7 Å². The van der Waals surface area contributed by atoms with E-state index in [1.807, 2.05) is 44.2 Å². The van der Waals surface area contributed by atoms with Crippen molar-refractivity contribution in [2.75, 3.05) is 28.8 Å². The second-order valence-electron chi connectivity index (χ2n) is 7.74. The van der Waals surface area contributed by atoms with Crippen LogP contribution in [0.1, 0.15) is 30.4 Å². The maximum absolute atomic E-state index is 13.1. The molecule has 30 heavy (non-hydrogen) atoms. The fraction of sp³-hybridized carbons (Fsp3) is 0.348. The van der Waals surface area contributed by atoms with Gasteiger partial charge in [-0.3, -0.25) is 14.4 Å². The number of carbonyl (C=O) groups excluding carboxylic acids is 3. The van der Waals surface area contributed by atoms with Crippen LogP contribution in [0.3, 0.4) is 0 Å². The average Bonchev–Trinajstić information content (AvgIpc) is 3.25. The molecule has 0 aliphatic carbocycles. The van der Waals surface area contributed by atoms with Crippen LogP contribution in [0.25, 0.3) is 0 Å². The highest BCUT2D eigenvalue weighted by Gasteiger charge is 2.40. The average molecular weight is 407 g/mol. The number of rotatable bonds is 5. The van der Waals surface area contributed by atoms with Crippen LogP contribution in [0.4, 0.5) is 17.1 Å². The first-order valence-corrected chi connectivity index (χ1v) is 10.1. The molecule has 2 saturated heterocycles. The Morgan fingerprint density at radius 3 is 2.40 bits per heavy atom. The third-order valence-electron chi connectivity index (χ3n) is 5.69. The highest BCUT2D eigenvalue weighted by Crippen LogP contribution is 2.35. The molecule has 0 aromatic heterocycles. The maximum Gasteiger partial charge on any atom is 0.256 e. The van der Waals surface area contributed by atoms with Gasteiger partial charge >= 0.3 is 0 Å². The van der Waals surface area contributed by atoms with E-state index in [0.717, 1.165) is 23.2 Å². The normalized spacial score (nSPS) is 19.0. The van der Waals surface area contributed by atoms with Crippen LogP contribution in [0, 0.1) is 13.8 Å². The number of benzene rings is 2. The molecule has 0 bridgehead atoms. The van der Waals surface area contributed by atoms with Crippen LogP contribution in [0.15, 0.2) is 36.4 Å². The van der Waals surface area contributed by atoms with Crippen LogP contribution < -0.4 is 19.9 Å². The molecular weight excluding hydrogens is 382 g/mol. The zero-order chi connectivity index (χ0) is 21.4. The molecule has 1 N–H and O–H groups in total. The number of amides is 3. The minimum atomic E-state index is -0.652. The summed E-state index contributed by atoms with van der Waals surface area (Å²) in [7, 11) is 1.55. The molecule has 1 unspecified atom stereocenters. The zero-order valence-corrected chi connectivity index (χ0v) is 17.4. The van der Waals surface area contributed by atoms with Gasteiger partial charge in [-0.05, 0) is 43.5 Å². The summed E-state index contributed by atoms with van der Waals surface area (Å²) in [6.45, 7) is 4.46. The first kappa shape index (κ1) is 19.9. The van der Waals surface area contributed by atoms with Gasteiger partial charge in [0.15, 0.2) is 0 Å². The summed E-state index contributed by atoms with van der Waals surface area (Å²) in [6.07, 6.45) is 1.45. The maximum atomic E-state index is 13.1. The van der Waals surface area contributed by atoms with Crippen molar-refractivity contribution in [3.05, 3.63) is 47.5 Å². The number of anilines is 3. The number of hydrogen-bond acceptors (Lipinski definition) is 5. The zero-order valence-electron chi connectivity index (χ0n) is 17.4. The molecule has 156 valence electrons. The Bertz CT molecular complexity index is 1010. The van der Waals surface area contributed by atoms with Crippen molar-refractivity contribution in [2.45, 2.75) is 39.2 Å². The number of para-hydroxylation sites is 1. The minimum Gasteiger partial charge on any atom is -0.494 e. The molecule has 2 fully saturated rings. The van der Waals surface area contributed by atoms with Gasteiger partial charge in [0.05, 0.1) is 24.9 Å². The molecule has 0 spiro atoms. The standard InChI is InChI=1S/C23H25N3O4/c1-14-6-4-7-15(2)22(14)26-21(28)13-17(23(26)29)24-16-9-10-18(19(12-16)30-3)25-11-5-8-20(25)27/h4,6-7,9-10,12,17,24H,5,8,11,13H2,1-3H3. The fourth-order valence-electron chi connectivity index (χ4n) is 4.23. The Hall–Kier alpha value is -3.35. The summed E-state index contributed by atoms with van der Waals surface area (Å²) in [5.74, 6) is 0.143. The molecule has 2 aliphatic heterocycles. The lowest BCUT2D eigenvalue weighted by Crippen LogP contribution is -2.35. The van der Waals surface area contributed by atoms with E-state index < -0.39 is 6.04 Å².